The number of amides is 1. The highest BCUT2D eigenvalue weighted by molar-refractivity contribution is 14.0. The van der Waals surface area contributed by atoms with Crippen molar-refractivity contribution < 1.29 is 9.53 Å². The van der Waals surface area contributed by atoms with Gasteiger partial charge in [0.1, 0.15) is 5.60 Å². The van der Waals surface area contributed by atoms with E-state index in [1.807, 2.05) is 34.6 Å². The molecule has 1 aliphatic heterocycles. The first-order valence-corrected chi connectivity index (χ1v) is 10.2. The van der Waals surface area contributed by atoms with Crippen molar-refractivity contribution in [1.82, 2.24) is 20.9 Å². The molecule has 8 heteroatoms. The number of rotatable bonds is 7. The Morgan fingerprint density at radius 2 is 1.75 bits per heavy atom. The molecule has 0 aromatic heterocycles. The van der Waals surface area contributed by atoms with Crippen LogP contribution in [0.5, 0.6) is 0 Å². The number of alkyl carbamates (subject to hydrolysis) is 1. The van der Waals surface area contributed by atoms with Gasteiger partial charge in [0.05, 0.1) is 12.1 Å². The van der Waals surface area contributed by atoms with E-state index in [2.05, 4.69) is 39.8 Å². The Bertz CT molecular complexity index is 483. The molecule has 0 aromatic rings. The minimum absolute atomic E-state index is 0. The zero-order valence-corrected chi connectivity index (χ0v) is 21.2. The molecule has 1 heterocycles. The van der Waals surface area contributed by atoms with Crippen molar-refractivity contribution in [2.45, 2.75) is 71.9 Å². The lowest BCUT2D eigenvalue weighted by atomic mass is 9.94. The van der Waals surface area contributed by atoms with Crippen LogP contribution in [0.25, 0.3) is 0 Å². The molecule has 0 unspecified atom stereocenters. The number of nitrogens with one attached hydrogen (secondary N) is 3. The van der Waals surface area contributed by atoms with Crippen molar-refractivity contribution in [3.63, 3.8) is 0 Å². The van der Waals surface area contributed by atoms with Crippen LogP contribution < -0.4 is 16.0 Å². The highest BCUT2D eigenvalue weighted by Crippen LogP contribution is 2.18. The summed E-state index contributed by atoms with van der Waals surface area (Å²) in [6.45, 7) is 16.1. The molecule has 1 fully saturated rings. The van der Waals surface area contributed by atoms with Crippen LogP contribution in [0.3, 0.4) is 0 Å². The summed E-state index contributed by atoms with van der Waals surface area (Å²) in [4.78, 5) is 19.0. The second kappa shape index (κ2) is 12.7. The third-order valence-electron chi connectivity index (χ3n) is 4.50. The maximum absolute atomic E-state index is 12.0. The molecule has 0 bridgehead atoms. The molecule has 0 atom stereocenters. The minimum Gasteiger partial charge on any atom is -0.444 e. The van der Waals surface area contributed by atoms with E-state index in [0.717, 1.165) is 31.4 Å². The van der Waals surface area contributed by atoms with Crippen molar-refractivity contribution >= 4 is 36.0 Å². The van der Waals surface area contributed by atoms with Gasteiger partial charge in [0, 0.05) is 13.1 Å². The van der Waals surface area contributed by atoms with Gasteiger partial charge in [-0.05, 0) is 86.9 Å². The number of carbonyl (C=O) groups excluding carboxylic acids is 1. The van der Waals surface area contributed by atoms with Crippen molar-refractivity contribution in [2.75, 3.05) is 39.8 Å². The predicted octanol–water partition coefficient (Wildman–Crippen LogP) is 3.19. The number of carbonyl (C=O) groups is 1. The highest BCUT2D eigenvalue weighted by atomic mass is 127. The Balaban J connectivity index is 0.00000729. The number of likely N-dealkylation sites (tertiary alicyclic amines) is 1. The molecule has 0 spiro atoms. The Morgan fingerprint density at radius 3 is 2.29 bits per heavy atom. The van der Waals surface area contributed by atoms with E-state index < -0.39 is 17.2 Å². The average molecular weight is 511 g/mol. The first-order valence-electron chi connectivity index (χ1n) is 10.2. The molecule has 28 heavy (non-hydrogen) atoms. The summed E-state index contributed by atoms with van der Waals surface area (Å²) in [5.41, 5.74) is -0.994. The standard InChI is InChI=1S/C20H41N5O2.HI/c1-8-21-17(22-12-9-16-10-13-25(7)14-11-16)23-15-20(5,6)24-18(26)27-19(2,3)4;/h16H,8-15H2,1-7H3,(H,24,26)(H2,21,22,23);1H. The van der Waals surface area contributed by atoms with E-state index in [1.54, 1.807) is 0 Å². The zero-order chi connectivity index (χ0) is 20.5. The van der Waals surface area contributed by atoms with Gasteiger partial charge in [0.15, 0.2) is 5.96 Å². The topological polar surface area (TPSA) is 78.0 Å². The summed E-state index contributed by atoms with van der Waals surface area (Å²) in [7, 11) is 2.19. The largest absolute Gasteiger partial charge is 0.444 e. The Hall–Kier alpha value is -0.770. The van der Waals surface area contributed by atoms with Crippen LogP contribution in [-0.4, -0.2) is 67.9 Å². The number of hydrogen-bond donors (Lipinski definition) is 3. The van der Waals surface area contributed by atoms with Crippen LogP contribution in [0.4, 0.5) is 4.79 Å². The van der Waals surface area contributed by atoms with Gasteiger partial charge in [-0.25, -0.2) is 4.79 Å². The maximum atomic E-state index is 12.0. The van der Waals surface area contributed by atoms with Crippen molar-refractivity contribution in [2.24, 2.45) is 10.9 Å². The molecule has 0 aliphatic carbocycles. The highest BCUT2D eigenvalue weighted by Gasteiger charge is 2.24. The number of hydrogen-bond acceptors (Lipinski definition) is 4. The van der Waals surface area contributed by atoms with E-state index in [4.69, 9.17) is 4.74 Å². The lowest BCUT2D eigenvalue weighted by Gasteiger charge is -2.29. The van der Waals surface area contributed by atoms with Crippen LogP contribution in [0.2, 0.25) is 0 Å². The van der Waals surface area contributed by atoms with Gasteiger partial charge in [0.25, 0.3) is 0 Å². The third-order valence-corrected chi connectivity index (χ3v) is 4.50. The van der Waals surface area contributed by atoms with Gasteiger partial charge in [-0.2, -0.15) is 0 Å². The first-order chi connectivity index (χ1) is 12.5. The Morgan fingerprint density at radius 1 is 1.14 bits per heavy atom. The van der Waals surface area contributed by atoms with Crippen molar-refractivity contribution in [3.05, 3.63) is 0 Å². The fourth-order valence-corrected chi connectivity index (χ4v) is 2.98. The molecule has 1 aliphatic rings. The summed E-state index contributed by atoms with van der Waals surface area (Å²) >= 11 is 0. The van der Waals surface area contributed by atoms with Gasteiger partial charge in [-0.1, -0.05) is 0 Å². The second-order valence-electron chi connectivity index (χ2n) is 9.17. The second-order valence-corrected chi connectivity index (χ2v) is 9.17. The smallest absolute Gasteiger partial charge is 0.408 e. The normalized spacial score (nSPS) is 16.9. The molecular formula is C20H42IN5O2. The van der Waals surface area contributed by atoms with Crippen LogP contribution in [0.1, 0.15) is 60.8 Å². The number of aliphatic imine (C=N–C) groups is 1. The molecule has 1 saturated heterocycles. The first kappa shape index (κ1) is 27.2. The molecule has 7 nitrogen and oxygen atoms in total. The van der Waals surface area contributed by atoms with Crippen LogP contribution in [0.15, 0.2) is 4.99 Å². The van der Waals surface area contributed by atoms with Gasteiger partial charge in [-0.15, -0.1) is 24.0 Å². The quantitative estimate of drug-likeness (QED) is 0.278. The minimum atomic E-state index is -0.506. The monoisotopic (exact) mass is 511 g/mol. The molecule has 1 amide bonds. The van der Waals surface area contributed by atoms with Crippen molar-refractivity contribution in [3.8, 4) is 0 Å². The van der Waals surface area contributed by atoms with E-state index in [-0.39, 0.29) is 24.0 Å². The number of halogens is 1. The lowest BCUT2D eigenvalue weighted by Crippen LogP contribution is -2.49. The number of nitrogens with zero attached hydrogens (tertiary/aromatic N) is 2. The van der Waals surface area contributed by atoms with Crippen LogP contribution in [0, 0.1) is 5.92 Å². The van der Waals surface area contributed by atoms with E-state index in [9.17, 15) is 4.79 Å². The zero-order valence-electron chi connectivity index (χ0n) is 18.9. The van der Waals surface area contributed by atoms with Gasteiger partial charge in [-0.3, -0.25) is 4.99 Å². The Labute approximate surface area is 188 Å². The summed E-state index contributed by atoms with van der Waals surface area (Å²) in [5, 5.41) is 9.60. The number of piperidine rings is 1. The SMILES string of the molecule is CCNC(=NCC(C)(C)NC(=O)OC(C)(C)C)NCCC1CCN(C)CC1.I. The molecule has 0 radical (unpaired) electrons. The maximum Gasteiger partial charge on any atom is 0.408 e. The van der Waals surface area contributed by atoms with Gasteiger partial charge in [0.2, 0.25) is 0 Å². The molecule has 0 aromatic carbocycles. The molecule has 1 rings (SSSR count). The number of ether oxygens (including phenoxy) is 1. The molecule has 166 valence electrons. The fourth-order valence-electron chi connectivity index (χ4n) is 2.98. The van der Waals surface area contributed by atoms with E-state index >= 15 is 0 Å². The third kappa shape index (κ3) is 12.6. The molecular weight excluding hydrogens is 469 g/mol. The van der Waals surface area contributed by atoms with Gasteiger partial charge < -0.3 is 25.6 Å². The summed E-state index contributed by atoms with van der Waals surface area (Å²) in [5.74, 6) is 1.59. The van der Waals surface area contributed by atoms with E-state index in [1.165, 1.54) is 25.9 Å². The van der Waals surface area contributed by atoms with Crippen molar-refractivity contribution in [1.29, 1.82) is 0 Å². The summed E-state index contributed by atoms with van der Waals surface area (Å²) in [6, 6.07) is 0. The van der Waals surface area contributed by atoms with Crippen LogP contribution in [-0.2, 0) is 4.74 Å². The predicted molar refractivity (Wildman–Crippen MR) is 128 cm³/mol. The summed E-state index contributed by atoms with van der Waals surface area (Å²) < 4.78 is 5.33. The van der Waals surface area contributed by atoms with Crippen LogP contribution >= 0.6 is 24.0 Å². The fraction of sp³-hybridized carbons (Fsp3) is 0.900. The molecule has 3 N–H and O–H groups in total. The average Bonchev–Trinajstić information content (AvgIpc) is 2.52. The summed E-state index contributed by atoms with van der Waals surface area (Å²) in [6.07, 6.45) is 3.30. The van der Waals surface area contributed by atoms with Gasteiger partial charge >= 0.3 is 6.09 Å². The molecule has 0 saturated carbocycles. The number of guanidine groups is 1. The Kier molecular flexibility index (Phi) is 12.4. The lowest BCUT2D eigenvalue weighted by molar-refractivity contribution is 0.0476. The van der Waals surface area contributed by atoms with E-state index in [0.29, 0.717) is 6.54 Å².